The molecule has 22 heavy (non-hydrogen) atoms. The van der Waals surface area contributed by atoms with Crippen LogP contribution < -0.4 is 5.73 Å². The Kier molecular flexibility index (Phi) is 4.02. The van der Waals surface area contributed by atoms with E-state index in [-0.39, 0.29) is 11.8 Å². The number of likely N-dealkylation sites (tertiary alicyclic amines) is 1. The van der Waals surface area contributed by atoms with Gasteiger partial charge >= 0.3 is 0 Å². The number of aromatic nitrogens is 1. The summed E-state index contributed by atoms with van der Waals surface area (Å²) in [4.78, 5) is 20.4. The van der Waals surface area contributed by atoms with Crippen molar-refractivity contribution in [3.63, 3.8) is 0 Å². The fourth-order valence-corrected chi connectivity index (χ4v) is 4.81. The van der Waals surface area contributed by atoms with Gasteiger partial charge in [-0.05, 0) is 25.5 Å². The van der Waals surface area contributed by atoms with Gasteiger partial charge in [-0.1, -0.05) is 37.3 Å². The molecule has 3 rings (SSSR count). The summed E-state index contributed by atoms with van der Waals surface area (Å²) in [5.74, 6) is -0.198. The van der Waals surface area contributed by atoms with Crippen molar-refractivity contribution in [2.45, 2.75) is 31.7 Å². The molecule has 0 radical (unpaired) electrons. The number of carbonyl (C=O) groups is 1. The van der Waals surface area contributed by atoms with Crippen LogP contribution in [0.3, 0.4) is 0 Å². The van der Waals surface area contributed by atoms with E-state index in [1.165, 1.54) is 4.88 Å². The van der Waals surface area contributed by atoms with E-state index in [2.05, 4.69) is 16.8 Å². The lowest BCUT2D eigenvalue weighted by Gasteiger charge is -2.39. The number of primary amides is 1. The van der Waals surface area contributed by atoms with Crippen molar-refractivity contribution in [3.05, 3.63) is 52.0 Å². The Morgan fingerprint density at radius 2 is 2.18 bits per heavy atom. The molecule has 2 atom stereocenters. The molecule has 2 aromatic rings. The van der Waals surface area contributed by atoms with Gasteiger partial charge in [-0.15, -0.1) is 11.3 Å². The van der Waals surface area contributed by atoms with Crippen LogP contribution in [0.5, 0.6) is 0 Å². The third-order valence-electron chi connectivity index (χ3n) is 4.76. The topological polar surface area (TPSA) is 59.2 Å². The average molecular weight is 315 g/mol. The highest BCUT2D eigenvalue weighted by molar-refractivity contribution is 7.09. The number of likely N-dealkylation sites (N-methyl/N-ethyl adjacent to an activating group) is 1. The van der Waals surface area contributed by atoms with E-state index in [0.717, 1.165) is 30.8 Å². The fraction of sp³-hybridized carbons (Fsp3) is 0.412. The van der Waals surface area contributed by atoms with Gasteiger partial charge in [0.25, 0.3) is 0 Å². The first-order valence-electron chi connectivity index (χ1n) is 7.62. The molecule has 0 bridgehead atoms. The number of carbonyl (C=O) groups excluding carboxylic acids is 1. The molecule has 0 saturated carbocycles. The fourth-order valence-electron chi connectivity index (χ4n) is 3.81. The van der Waals surface area contributed by atoms with Crippen LogP contribution in [0.1, 0.15) is 35.4 Å². The van der Waals surface area contributed by atoms with Crippen molar-refractivity contribution < 1.29 is 4.79 Å². The minimum absolute atomic E-state index is 0.0693. The van der Waals surface area contributed by atoms with E-state index in [1.807, 2.05) is 42.8 Å². The number of thiazole rings is 1. The summed E-state index contributed by atoms with van der Waals surface area (Å²) >= 11 is 1.63. The standard InChI is InChI=1S/C17H21N3OS/c1-3-20-10-9-14(15-12(2)19-11-22-15)17(20,16(18)21)13-7-5-4-6-8-13/h4-8,11,14H,3,9-10H2,1-2H3,(H2,18,21). The highest BCUT2D eigenvalue weighted by Crippen LogP contribution is 2.50. The maximum absolute atomic E-state index is 12.7. The quantitative estimate of drug-likeness (QED) is 0.943. The largest absolute Gasteiger partial charge is 0.368 e. The zero-order valence-electron chi connectivity index (χ0n) is 13.0. The monoisotopic (exact) mass is 315 g/mol. The Morgan fingerprint density at radius 1 is 1.45 bits per heavy atom. The van der Waals surface area contributed by atoms with Crippen molar-refractivity contribution in [1.82, 2.24) is 9.88 Å². The minimum atomic E-state index is -0.771. The molecule has 2 unspecified atom stereocenters. The molecule has 1 aliphatic rings. The minimum Gasteiger partial charge on any atom is -0.368 e. The van der Waals surface area contributed by atoms with E-state index in [4.69, 9.17) is 5.73 Å². The van der Waals surface area contributed by atoms with Crippen molar-refractivity contribution in [1.29, 1.82) is 0 Å². The first-order valence-corrected chi connectivity index (χ1v) is 8.50. The van der Waals surface area contributed by atoms with E-state index < -0.39 is 5.54 Å². The molecule has 2 N–H and O–H groups in total. The summed E-state index contributed by atoms with van der Waals surface area (Å²) in [6.45, 7) is 5.77. The Balaban J connectivity index is 2.22. The molecule has 5 heteroatoms. The van der Waals surface area contributed by atoms with Gasteiger partial charge in [-0.2, -0.15) is 0 Å². The number of aryl methyl sites for hydroxylation is 1. The smallest absolute Gasteiger partial charge is 0.243 e. The SMILES string of the molecule is CCN1CCC(c2scnc2C)C1(C(N)=O)c1ccccc1. The van der Waals surface area contributed by atoms with Crippen LogP contribution in [0.25, 0.3) is 0 Å². The molecule has 4 nitrogen and oxygen atoms in total. The third kappa shape index (κ3) is 2.08. The molecule has 116 valence electrons. The first kappa shape index (κ1) is 15.2. The van der Waals surface area contributed by atoms with Crippen molar-refractivity contribution in [2.75, 3.05) is 13.1 Å². The Hall–Kier alpha value is -1.72. The second-order valence-electron chi connectivity index (χ2n) is 5.72. The second-order valence-corrected chi connectivity index (χ2v) is 6.61. The lowest BCUT2D eigenvalue weighted by Crippen LogP contribution is -2.54. The van der Waals surface area contributed by atoms with Crippen LogP contribution in [0, 0.1) is 6.92 Å². The third-order valence-corrected chi connectivity index (χ3v) is 5.81. The number of nitrogens with zero attached hydrogens (tertiary/aromatic N) is 2. The zero-order valence-corrected chi connectivity index (χ0v) is 13.8. The molecule has 1 aromatic carbocycles. The van der Waals surface area contributed by atoms with E-state index in [1.54, 1.807) is 11.3 Å². The van der Waals surface area contributed by atoms with Gasteiger partial charge in [0.1, 0.15) is 5.54 Å². The van der Waals surface area contributed by atoms with Gasteiger partial charge in [-0.3, -0.25) is 9.69 Å². The van der Waals surface area contributed by atoms with Gasteiger partial charge in [-0.25, -0.2) is 4.98 Å². The highest BCUT2D eigenvalue weighted by Gasteiger charge is 2.55. The Morgan fingerprint density at radius 3 is 2.73 bits per heavy atom. The lowest BCUT2D eigenvalue weighted by atomic mass is 9.76. The summed E-state index contributed by atoms with van der Waals surface area (Å²) in [5.41, 5.74) is 9.06. The first-order chi connectivity index (χ1) is 10.6. The van der Waals surface area contributed by atoms with Crippen LogP contribution in [-0.4, -0.2) is 28.9 Å². The molecule has 1 saturated heterocycles. The maximum atomic E-state index is 12.7. The summed E-state index contributed by atoms with van der Waals surface area (Å²) < 4.78 is 0. The van der Waals surface area contributed by atoms with Crippen molar-refractivity contribution in [2.24, 2.45) is 5.73 Å². The van der Waals surface area contributed by atoms with Gasteiger partial charge in [0.2, 0.25) is 5.91 Å². The van der Waals surface area contributed by atoms with Gasteiger partial charge in [0, 0.05) is 17.3 Å². The van der Waals surface area contributed by atoms with E-state index in [9.17, 15) is 4.79 Å². The van der Waals surface area contributed by atoms with E-state index in [0.29, 0.717) is 0 Å². The van der Waals surface area contributed by atoms with E-state index >= 15 is 0 Å². The number of benzene rings is 1. The molecule has 1 aromatic heterocycles. The molecular weight excluding hydrogens is 294 g/mol. The molecule has 1 amide bonds. The summed E-state index contributed by atoms with van der Waals surface area (Å²) in [6.07, 6.45) is 0.925. The Bertz CT molecular complexity index is 670. The Labute approximate surface area is 135 Å². The predicted molar refractivity (Wildman–Crippen MR) is 88.8 cm³/mol. The number of amides is 1. The van der Waals surface area contributed by atoms with Gasteiger partial charge < -0.3 is 5.73 Å². The number of nitrogens with two attached hydrogens (primary N) is 1. The average Bonchev–Trinajstić information content (AvgIpc) is 3.11. The van der Waals surface area contributed by atoms with Crippen LogP contribution in [0.15, 0.2) is 35.8 Å². The predicted octanol–water partition coefficient (Wildman–Crippen LogP) is 2.64. The van der Waals surface area contributed by atoms with Crippen molar-refractivity contribution >= 4 is 17.2 Å². The number of hydrogen-bond acceptors (Lipinski definition) is 4. The highest BCUT2D eigenvalue weighted by atomic mass is 32.1. The zero-order chi connectivity index (χ0) is 15.7. The van der Waals surface area contributed by atoms with Crippen LogP contribution in [0.2, 0.25) is 0 Å². The summed E-state index contributed by atoms with van der Waals surface area (Å²) in [7, 11) is 0. The van der Waals surface area contributed by atoms with Gasteiger partial charge in [0.05, 0.1) is 11.2 Å². The van der Waals surface area contributed by atoms with Crippen LogP contribution in [0.4, 0.5) is 0 Å². The number of hydrogen-bond donors (Lipinski definition) is 1. The number of rotatable bonds is 4. The molecule has 1 fully saturated rings. The maximum Gasteiger partial charge on any atom is 0.243 e. The van der Waals surface area contributed by atoms with Gasteiger partial charge in [0.15, 0.2) is 0 Å². The van der Waals surface area contributed by atoms with Crippen LogP contribution >= 0.6 is 11.3 Å². The molecule has 0 spiro atoms. The molecule has 2 heterocycles. The lowest BCUT2D eigenvalue weighted by molar-refractivity contribution is -0.130. The molecular formula is C17H21N3OS. The molecule has 0 aliphatic carbocycles. The van der Waals surface area contributed by atoms with Crippen LogP contribution in [-0.2, 0) is 10.3 Å². The van der Waals surface area contributed by atoms with Crippen molar-refractivity contribution in [3.8, 4) is 0 Å². The summed E-state index contributed by atoms with van der Waals surface area (Å²) in [5, 5.41) is 0. The normalized spacial score (nSPS) is 25.5. The molecule has 1 aliphatic heterocycles. The summed E-state index contributed by atoms with van der Waals surface area (Å²) in [6, 6.07) is 9.95. The second kappa shape index (κ2) is 5.82.